The van der Waals surface area contributed by atoms with Gasteiger partial charge < -0.3 is 14.8 Å². The predicted molar refractivity (Wildman–Crippen MR) is 70.9 cm³/mol. The molecule has 8 nitrogen and oxygen atoms in total. The number of esters is 1. The van der Waals surface area contributed by atoms with E-state index in [0.717, 1.165) is 4.90 Å². The Balaban J connectivity index is 2.03. The molecule has 1 aliphatic heterocycles. The van der Waals surface area contributed by atoms with Gasteiger partial charge in [-0.25, -0.2) is 0 Å². The number of carbonyl (C=O) groups excluding carboxylic acids is 4. The van der Waals surface area contributed by atoms with Crippen LogP contribution in [0.1, 0.15) is 12.8 Å². The van der Waals surface area contributed by atoms with Crippen LogP contribution < -0.4 is 5.32 Å². The highest BCUT2D eigenvalue weighted by atomic mass is 16.5. The van der Waals surface area contributed by atoms with Crippen LogP contribution in [0, 0.1) is 0 Å². The Labute approximate surface area is 122 Å². The number of carbonyl (C=O) groups is 4. The van der Waals surface area contributed by atoms with Crippen LogP contribution in [0.5, 0.6) is 0 Å². The number of hydrogen-bond acceptors (Lipinski definition) is 6. The number of amides is 3. The van der Waals surface area contributed by atoms with E-state index >= 15 is 0 Å². The SMILES string of the molecule is COC(=O)CCOCCNC(=O)CCN1C(=O)C=CC1=O. The Bertz CT molecular complexity index is 428. The van der Waals surface area contributed by atoms with Gasteiger partial charge in [0.1, 0.15) is 0 Å². The fourth-order valence-electron chi connectivity index (χ4n) is 1.58. The molecule has 1 heterocycles. The normalized spacial score (nSPS) is 13.7. The number of rotatable bonds is 9. The Morgan fingerprint density at radius 3 is 2.43 bits per heavy atom. The zero-order valence-electron chi connectivity index (χ0n) is 11.8. The molecule has 0 aromatic heterocycles. The lowest BCUT2D eigenvalue weighted by Crippen LogP contribution is -2.35. The maximum atomic E-state index is 11.5. The molecule has 21 heavy (non-hydrogen) atoms. The summed E-state index contributed by atoms with van der Waals surface area (Å²) in [7, 11) is 1.30. The van der Waals surface area contributed by atoms with Crippen LogP contribution in [0.3, 0.4) is 0 Å². The smallest absolute Gasteiger partial charge is 0.307 e. The minimum Gasteiger partial charge on any atom is -0.469 e. The first-order valence-corrected chi connectivity index (χ1v) is 6.49. The van der Waals surface area contributed by atoms with E-state index in [9.17, 15) is 19.2 Å². The Morgan fingerprint density at radius 1 is 1.14 bits per heavy atom. The van der Waals surface area contributed by atoms with Crippen molar-refractivity contribution in [2.24, 2.45) is 0 Å². The highest BCUT2D eigenvalue weighted by molar-refractivity contribution is 6.13. The third kappa shape index (κ3) is 6.17. The summed E-state index contributed by atoms with van der Waals surface area (Å²) in [6.07, 6.45) is 2.56. The summed E-state index contributed by atoms with van der Waals surface area (Å²) in [5, 5.41) is 2.59. The van der Waals surface area contributed by atoms with Crippen LogP contribution in [0.25, 0.3) is 0 Å². The largest absolute Gasteiger partial charge is 0.469 e. The van der Waals surface area contributed by atoms with Crippen molar-refractivity contribution < 1.29 is 28.7 Å². The van der Waals surface area contributed by atoms with Crippen molar-refractivity contribution in [1.82, 2.24) is 10.2 Å². The van der Waals surface area contributed by atoms with Gasteiger partial charge in [0.2, 0.25) is 5.91 Å². The highest BCUT2D eigenvalue weighted by Gasteiger charge is 2.23. The van der Waals surface area contributed by atoms with Crippen LogP contribution in [0.4, 0.5) is 0 Å². The van der Waals surface area contributed by atoms with E-state index in [2.05, 4.69) is 10.1 Å². The van der Waals surface area contributed by atoms with Crippen LogP contribution in [0.2, 0.25) is 0 Å². The molecular weight excluding hydrogens is 280 g/mol. The molecule has 0 aliphatic carbocycles. The molecule has 0 unspecified atom stereocenters. The molecule has 0 aromatic carbocycles. The second kappa shape index (κ2) is 8.85. The average Bonchev–Trinajstić information content (AvgIpc) is 2.79. The topological polar surface area (TPSA) is 102 Å². The number of nitrogens with zero attached hydrogens (tertiary/aromatic N) is 1. The lowest BCUT2D eigenvalue weighted by Gasteiger charge is -2.13. The Hall–Kier alpha value is -2.22. The zero-order valence-corrected chi connectivity index (χ0v) is 11.8. The molecule has 0 spiro atoms. The van der Waals surface area contributed by atoms with Gasteiger partial charge in [0.05, 0.1) is 26.7 Å². The maximum Gasteiger partial charge on any atom is 0.307 e. The van der Waals surface area contributed by atoms with Gasteiger partial charge >= 0.3 is 5.97 Å². The lowest BCUT2D eigenvalue weighted by molar-refractivity contribution is -0.142. The minimum atomic E-state index is -0.404. The summed E-state index contributed by atoms with van der Waals surface area (Å²) >= 11 is 0. The van der Waals surface area contributed by atoms with E-state index in [1.165, 1.54) is 19.3 Å². The quantitative estimate of drug-likeness (QED) is 0.333. The zero-order chi connectivity index (χ0) is 15.7. The molecule has 0 radical (unpaired) electrons. The van der Waals surface area contributed by atoms with E-state index in [0.29, 0.717) is 6.54 Å². The van der Waals surface area contributed by atoms with E-state index in [4.69, 9.17) is 4.74 Å². The second-order valence-electron chi connectivity index (χ2n) is 4.20. The van der Waals surface area contributed by atoms with Gasteiger partial charge in [-0.05, 0) is 0 Å². The van der Waals surface area contributed by atoms with Gasteiger partial charge in [0.15, 0.2) is 0 Å². The van der Waals surface area contributed by atoms with Crippen LogP contribution in [-0.2, 0) is 28.7 Å². The summed E-state index contributed by atoms with van der Waals surface area (Å²) in [5.74, 6) is -1.44. The molecule has 116 valence electrons. The first kappa shape index (κ1) is 16.8. The summed E-state index contributed by atoms with van der Waals surface area (Å²) in [6, 6.07) is 0. The molecular formula is C13H18N2O6. The third-order valence-electron chi connectivity index (χ3n) is 2.71. The van der Waals surface area contributed by atoms with Crippen molar-refractivity contribution in [3.8, 4) is 0 Å². The fourth-order valence-corrected chi connectivity index (χ4v) is 1.58. The molecule has 1 aliphatic rings. The van der Waals surface area contributed by atoms with Crippen LogP contribution in [0.15, 0.2) is 12.2 Å². The van der Waals surface area contributed by atoms with Crippen molar-refractivity contribution in [1.29, 1.82) is 0 Å². The molecule has 0 atom stereocenters. The summed E-state index contributed by atoms with van der Waals surface area (Å²) in [5.41, 5.74) is 0. The van der Waals surface area contributed by atoms with Gasteiger partial charge in [0.25, 0.3) is 11.8 Å². The van der Waals surface area contributed by atoms with Gasteiger partial charge in [0, 0.05) is 31.7 Å². The van der Waals surface area contributed by atoms with Gasteiger partial charge in [-0.15, -0.1) is 0 Å². The molecule has 1 N–H and O–H groups in total. The maximum absolute atomic E-state index is 11.5. The number of hydrogen-bond donors (Lipinski definition) is 1. The standard InChI is InChI=1S/C13H18N2O6/c1-20-13(19)5-8-21-9-6-14-10(16)4-7-15-11(17)2-3-12(15)18/h2-3H,4-9H2,1H3,(H,14,16). The van der Waals surface area contributed by atoms with Gasteiger partial charge in [-0.2, -0.15) is 0 Å². The number of imide groups is 1. The average molecular weight is 298 g/mol. The van der Waals surface area contributed by atoms with E-state index in [1.54, 1.807) is 0 Å². The molecule has 1 rings (SSSR count). The third-order valence-corrected chi connectivity index (χ3v) is 2.71. The first-order chi connectivity index (χ1) is 10.0. The van der Waals surface area contributed by atoms with Crippen LogP contribution >= 0.6 is 0 Å². The molecule has 8 heteroatoms. The lowest BCUT2D eigenvalue weighted by atomic mass is 10.3. The van der Waals surface area contributed by atoms with Crippen molar-refractivity contribution >= 4 is 23.7 Å². The summed E-state index contributed by atoms with van der Waals surface area (Å²) < 4.78 is 9.56. The Kier molecular flexibility index (Phi) is 7.10. The van der Waals surface area contributed by atoms with Crippen LogP contribution in [-0.4, -0.2) is 62.0 Å². The van der Waals surface area contributed by atoms with Gasteiger partial charge in [-0.1, -0.05) is 0 Å². The van der Waals surface area contributed by atoms with Crippen molar-refractivity contribution in [2.45, 2.75) is 12.8 Å². The second-order valence-corrected chi connectivity index (χ2v) is 4.20. The molecule has 0 saturated heterocycles. The number of nitrogens with one attached hydrogen (secondary N) is 1. The molecule has 0 saturated carbocycles. The Morgan fingerprint density at radius 2 is 1.81 bits per heavy atom. The predicted octanol–water partition coefficient (Wildman–Crippen LogP) is -1.00. The summed E-state index contributed by atoms with van der Waals surface area (Å²) in [4.78, 5) is 45.8. The van der Waals surface area contributed by atoms with E-state index in [1.807, 2.05) is 0 Å². The monoisotopic (exact) mass is 298 g/mol. The fraction of sp³-hybridized carbons (Fsp3) is 0.538. The number of ether oxygens (including phenoxy) is 2. The molecule has 3 amide bonds. The van der Waals surface area contributed by atoms with E-state index in [-0.39, 0.29) is 44.5 Å². The van der Waals surface area contributed by atoms with E-state index < -0.39 is 11.8 Å². The molecule has 0 bridgehead atoms. The van der Waals surface area contributed by atoms with Crippen molar-refractivity contribution in [3.05, 3.63) is 12.2 Å². The highest BCUT2D eigenvalue weighted by Crippen LogP contribution is 2.03. The molecule has 0 aromatic rings. The molecule has 0 fully saturated rings. The van der Waals surface area contributed by atoms with Crippen molar-refractivity contribution in [3.63, 3.8) is 0 Å². The van der Waals surface area contributed by atoms with Gasteiger partial charge in [-0.3, -0.25) is 24.1 Å². The number of methoxy groups -OCH3 is 1. The minimum absolute atomic E-state index is 0.0430. The summed E-state index contributed by atoms with van der Waals surface area (Å²) in [6.45, 7) is 0.844. The first-order valence-electron chi connectivity index (χ1n) is 6.49. The van der Waals surface area contributed by atoms with Crippen molar-refractivity contribution in [2.75, 3.05) is 33.4 Å².